The van der Waals surface area contributed by atoms with Gasteiger partial charge in [-0.1, -0.05) is 0 Å². The molecule has 1 aromatic heterocycles. The van der Waals surface area contributed by atoms with Crippen LogP contribution in [0.2, 0.25) is 0 Å². The maximum absolute atomic E-state index is 12.1. The van der Waals surface area contributed by atoms with Gasteiger partial charge in [0, 0.05) is 12.3 Å². The van der Waals surface area contributed by atoms with Crippen LogP contribution < -0.4 is 5.56 Å². The SMILES string of the molecule is Cc1cc2ncn(C=CC(=O)O)c(=O)c2cc1C. The minimum Gasteiger partial charge on any atom is -0.478 e. The van der Waals surface area contributed by atoms with Crippen LogP contribution in [-0.4, -0.2) is 20.6 Å². The molecular weight excluding hydrogens is 232 g/mol. The number of aryl methyl sites for hydroxylation is 2. The molecule has 0 atom stereocenters. The van der Waals surface area contributed by atoms with E-state index in [1.165, 1.54) is 12.5 Å². The Kier molecular flexibility index (Phi) is 2.97. The van der Waals surface area contributed by atoms with Gasteiger partial charge >= 0.3 is 5.97 Å². The number of carboxylic acids is 1. The first-order valence-corrected chi connectivity index (χ1v) is 5.38. The normalized spacial score (nSPS) is 11.2. The first-order valence-electron chi connectivity index (χ1n) is 5.38. The summed E-state index contributed by atoms with van der Waals surface area (Å²) >= 11 is 0. The monoisotopic (exact) mass is 244 g/mol. The largest absolute Gasteiger partial charge is 0.478 e. The van der Waals surface area contributed by atoms with E-state index < -0.39 is 5.97 Å². The number of nitrogens with zero attached hydrogens (tertiary/aromatic N) is 2. The van der Waals surface area contributed by atoms with Gasteiger partial charge in [0.1, 0.15) is 6.33 Å². The Balaban J connectivity index is 2.68. The number of hydrogen-bond acceptors (Lipinski definition) is 3. The van der Waals surface area contributed by atoms with Gasteiger partial charge in [0.25, 0.3) is 5.56 Å². The molecule has 5 nitrogen and oxygen atoms in total. The molecule has 0 spiro atoms. The van der Waals surface area contributed by atoms with Gasteiger partial charge in [0.2, 0.25) is 0 Å². The number of benzene rings is 1. The third kappa shape index (κ3) is 2.15. The second-order valence-electron chi connectivity index (χ2n) is 4.06. The topological polar surface area (TPSA) is 72.2 Å². The average Bonchev–Trinajstić information content (AvgIpc) is 2.31. The summed E-state index contributed by atoms with van der Waals surface area (Å²) in [4.78, 5) is 26.6. The molecule has 0 aliphatic carbocycles. The minimum absolute atomic E-state index is 0.277. The van der Waals surface area contributed by atoms with Crippen LogP contribution in [0.25, 0.3) is 17.1 Å². The summed E-state index contributed by atoms with van der Waals surface area (Å²) in [6.07, 6.45) is 3.40. The van der Waals surface area contributed by atoms with E-state index in [0.29, 0.717) is 10.9 Å². The standard InChI is InChI=1S/C13H12N2O3/c1-8-5-10-11(6-9(8)2)14-7-15(13(10)18)4-3-12(16)17/h3-7H,1-2H3,(H,16,17). The molecule has 0 aliphatic rings. The molecular formula is C13H12N2O3. The van der Waals surface area contributed by atoms with Crippen molar-refractivity contribution in [3.63, 3.8) is 0 Å². The van der Waals surface area contributed by atoms with Gasteiger partial charge in [0.15, 0.2) is 0 Å². The van der Waals surface area contributed by atoms with E-state index in [9.17, 15) is 9.59 Å². The molecule has 2 aromatic rings. The Labute approximate surface area is 103 Å². The van der Waals surface area contributed by atoms with Crippen molar-refractivity contribution >= 4 is 23.1 Å². The van der Waals surface area contributed by atoms with Crippen molar-refractivity contribution < 1.29 is 9.90 Å². The van der Waals surface area contributed by atoms with Crippen LogP contribution in [0.1, 0.15) is 11.1 Å². The van der Waals surface area contributed by atoms with Gasteiger partial charge in [-0.3, -0.25) is 9.36 Å². The van der Waals surface area contributed by atoms with Crippen LogP contribution in [0.15, 0.2) is 29.3 Å². The van der Waals surface area contributed by atoms with Crippen LogP contribution in [0, 0.1) is 13.8 Å². The van der Waals surface area contributed by atoms with Crippen molar-refractivity contribution in [1.82, 2.24) is 9.55 Å². The molecule has 5 heteroatoms. The molecule has 0 saturated carbocycles. The molecule has 1 heterocycles. The number of fused-ring (bicyclic) bond motifs is 1. The Morgan fingerprint density at radius 2 is 2.00 bits per heavy atom. The summed E-state index contributed by atoms with van der Waals surface area (Å²) in [6, 6.07) is 3.61. The summed E-state index contributed by atoms with van der Waals surface area (Å²) in [7, 11) is 0. The maximum atomic E-state index is 12.1. The van der Waals surface area contributed by atoms with E-state index in [1.807, 2.05) is 19.9 Å². The highest BCUT2D eigenvalue weighted by molar-refractivity contribution is 5.83. The molecule has 0 saturated heterocycles. The summed E-state index contributed by atoms with van der Waals surface area (Å²) in [6.45, 7) is 3.87. The van der Waals surface area contributed by atoms with Crippen molar-refractivity contribution in [3.05, 3.63) is 46.0 Å². The van der Waals surface area contributed by atoms with Gasteiger partial charge < -0.3 is 5.11 Å². The molecule has 0 amide bonds. The Morgan fingerprint density at radius 3 is 2.67 bits per heavy atom. The molecule has 18 heavy (non-hydrogen) atoms. The number of hydrogen-bond donors (Lipinski definition) is 1. The quantitative estimate of drug-likeness (QED) is 0.814. The zero-order chi connectivity index (χ0) is 13.3. The first kappa shape index (κ1) is 12.0. The molecule has 0 fully saturated rings. The van der Waals surface area contributed by atoms with Gasteiger partial charge in [-0.2, -0.15) is 0 Å². The van der Waals surface area contributed by atoms with Crippen molar-refractivity contribution in [2.75, 3.05) is 0 Å². The van der Waals surface area contributed by atoms with Crippen molar-refractivity contribution in [1.29, 1.82) is 0 Å². The fraction of sp³-hybridized carbons (Fsp3) is 0.154. The highest BCUT2D eigenvalue weighted by Crippen LogP contribution is 2.14. The molecule has 1 N–H and O–H groups in total. The van der Waals surface area contributed by atoms with Gasteiger partial charge in [-0.25, -0.2) is 9.78 Å². The first-order chi connectivity index (χ1) is 8.49. The van der Waals surface area contributed by atoms with E-state index >= 15 is 0 Å². The molecule has 0 bridgehead atoms. The fourth-order valence-corrected chi connectivity index (χ4v) is 1.65. The van der Waals surface area contributed by atoms with Crippen molar-refractivity contribution in [3.8, 4) is 0 Å². The summed E-state index contributed by atoms with van der Waals surface area (Å²) in [5.41, 5.74) is 2.40. The van der Waals surface area contributed by atoms with Gasteiger partial charge in [-0.15, -0.1) is 0 Å². The van der Waals surface area contributed by atoms with E-state index in [-0.39, 0.29) is 5.56 Å². The summed E-state index contributed by atoms with van der Waals surface area (Å²) in [5, 5.41) is 9.02. The highest BCUT2D eigenvalue weighted by Gasteiger charge is 2.04. The van der Waals surface area contributed by atoms with Gasteiger partial charge in [-0.05, 0) is 37.1 Å². The van der Waals surface area contributed by atoms with Crippen molar-refractivity contribution in [2.45, 2.75) is 13.8 Å². The Hall–Kier alpha value is -2.43. The summed E-state index contributed by atoms with van der Waals surface area (Å²) < 4.78 is 1.16. The number of rotatable bonds is 2. The third-order valence-corrected chi connectivity index (χ3v) is 2.78. The van der Waals surface area contributed by atoms with Crippen molar-refractivity contribution in [2.24, 2.45) is 0 Å². The van der Waals surface area contributed by atoms with Crippen LogP contribution in [0.4, 0.5) is 0 Å². The summed E-state index contributed by atoms with van der Waals surface area (Å²) in [5.74, 6) is -1.11. The highest BCUT2D eigenvalue weighted by atomic mass is 16.4. The number of aromatic nitrogens is 2. The Bertz CT molecular complexity index is 714. The van der Waals surface area contributed by atoms with Gasteiger partial charge in [0.05, 0.1) is 10.9 Å². The Morgan fingerprint density at radius 1 is 1.33 bits per heavy atom. The fourth-order valence-electron chi connectivity index (χ4n) is 1.65. The molecule has 1 aromatic carbocycles. The van der Waals surface area contributed by atoms with E-state index in [1.54, 1.807) is 6.07 Å². The van der Waals surface area contributed by atoms with E-state index in [4.69, 9.17) is 5.11 Å². The van der Waals surface area contributed by atoms with E-state index in [2.05, 4.69) is 4.98 Å². The molecule has 2 rings (SSSR count). The van der Waals surface area contributed by atoms with Crippen LogP contribution >= 0.6 is 0 Å². The number of aliphatic carboxylic acids is 1. The van der Waals surface area contributed by atoms with Crippen LogP contribution in [0.3, 0.4) is 0 Å². The third-order valence-electron chi connectivity index (χ3n) is 2.78. The predicted octanol–water partition coefficient (Wildman–Crippen LogP) is 1.57. The molecule has 0 radical (unpaired) electrons. The number of carbonyl (C=O) groups is 1. The zero-order valence-corrected chi connectivity index (χ0v) is 10.0. The number of carboxylic acid groups (broad SMARTS) is 1. The molecule has 0 unspecified atom stereocenters. The maximum Gasteiger partial charge on any atom is 0.329 e. The smallest absolute Gasteiger partial charge is 0.329 e. The lowest BCUT2D eigenvalue weighted by Gasteiger charge is -2.04. The minimum atomic E-state index is -1.11. The molecule has 0 aliphatic heterocycles. The average molecular weight is 244 g/mol. The van der Waals surface area contributed by atoms with E-state index in [0.717, 1.165) is 21.8 Å². The second-order valence-corrected chi connectivity index (χ2v) is 4.06. The lowest BCUT2D eigenvalue weighted by atomic mass is 10.1. The second kappa shape index (κ2) is 4.44. The van der Waals surface area contributed by atoms with Crippen LogP contribution in [0.5, 0.6) is 0 Å². The zero-order valence-electron chi connectivity index (χ0n) is 10.0. The van der Waals surface area contributed by atoms with Crippen LogP contribution in [-0.2, 0) is 4.79 Å². The molecule has 92 valence electrons. The predicted molar refractivity (Wildman–Crippen MR) is 68.4 cm³/mol. The lowest BCUT2D eigenvalue weighted by Crippen LogP contribution is -2.16. The lowest BCUT2D eigenvalue weighted by molar-refractivity contribution is -0.131.